The molecule has 0 aliphatic carbocycles. The van der Waals surface area contributed by atoms with Crippen LogP contribution in [0, 0.1) is 0 Å². The molecule has 0 aromatic heterocycles. The number of nitrogens with zero attached hydrogens (tertiary/aromatic N) is 1. The molecule has 7 nitrogen and oxygen atoms in total. The second kappa shape index (κ2) is 18.9. The molecule has 1 unspecified atom stereocenters. The number of phosphoric ester groups is 1. The summed E-state index contributed by atoms with van der Waals surface area (Å²) in [5.41, 5.74) is 0. The van der Waals surface area contributed by atoms with Gasteiger partial charge in [-0.3, -0.25) is 9.36 Å². The average molecular weight is 479 g/mol. The summed E-state index contributed by atoms with van der Waals surface area (Å²) >= 11 is 0. The molecule has 0 aliphatic rings. The summed E-state index contributed by atoms with van der Waals surface area (Å²) in [6.45, 7) is 4.50. The summed E-state index contributed by atoms with van der Waals surface area (Å²) < 4.78 is 22.1. The lowest BCUT2D eigenvalue weighted by Gasteiger charge is -2.28. The topological polar surface area (TPSA) is 87.7 Å². The zero-order chi connectivity index (χ0) is 24.3. The maximum absolute atomic E-state index is 12.0. The second-order valence-corrected chi connectivity index (χ2v) is 11.5. The van der Waals surface area contributed by atoms with Crippen LogP contribution in [0.2, 0.25) is 0 Å². The summed E-state index contributed by atoms with van der Waals surface area (Å²) in [5, 5.41) is 2.79. The normalized spacial score (nSPS) is 14.8. The first-order valence-electron chi connectivity index (χ1n) is 12.8. The molecule has 0 radical (unpaired) electrons. The zero-order valence-electron chi connectivity index (χ0n) is 21.5. The van der Waals surface area contributed by atoms with Crippen LogP contribution >= 0.6 is 7.82 Å². The van der Waals surface area contributed by atoms with Gasteiger partial charge in [-0.05, 0) is 13.3 Å². The van der Waals surface area contributed by atoms with Gasteiger partial charge in [0.05, 0.1) is 27.7 Å². The van der Waals surface area contributed by atoms with Crippen LogP contribution in [0.1, 0.15) is 104 Å². The van der Waals surface area contributed by atoms with Gasteiger partial charge in [0.15, 0.2) is 0 Å². The van der Waals surface area contributed by atoms with Gasteiger partial charge in [-0.1, -0.05) is 84.0 Å². The number of quaternary nitrogens is 1. The summed E-state index contributed by atoms with van der Waals surface area (Å²) in [4.78, 5) is 23.8. The third kappa shape index (κ3) is 22.7. The summed E-state index contributed by atoms with van der Waals surface area (Å²) in [6.07, 6.45) is 17.0. The van der Waals surface area contributed by atoms with Gasteiger partial charge in [-0.15, -0.1) is 0 Å². The predicted molar refractivity (Wildman–Crippen MR) is 130 cm³/mol. The lowest BCUT2D eigenvalue weighted by molar-refractivity contribution is -0.870. The average Bonchev–Trinajstić information content (AvgIpc) is 2.69. The molecule has 0 fully saturated rings. The highest BCUT2D eigenvalue weighted by molar-refractivity contribution is 7.45. The van der Waals surface area contributed by atoms with Gasteiger partial charge in [0, 0.05) is 12.5 Å². The smallest absolute Gasteiger partial charge is 0.268 e. The molecule has 0 bridgehead atoms. The maximum Gasteiger partial charge on any atom is 0.268 e. The Labute approximate surface area is 197 Å². The van der Waals surface area contributed by atoms with Crippen molar-refractivity contribution in [1.29, 1.82) is 0 Å². The molecule has 0 heterocycles. The van der Waals surface area contributed by atoms with Crippen molar-refractivity contribution < 1.29 is 27.8 Å². The van der Waals surface area contributed by atoms with Crippen LogP contribution in [0.4, 0.5) is 0 Å². The van der Waals surface area contributed by atoms with E-state index in [1.807, 2.05) is 21.1 Å². The lowest BCUT2D eigenvalue weighted by Crippen LogP contribution is -2.38. The van der Waals surface area contributed by atoms with E-state index in [-0.39, 0.29) is 25.2 Å². The standard InChI is InChI=1S/C24H51N2O5P/c1-6-7-8-9-10-11-12-13-14-15-16-17-18-19-24(27)25-23(2)22-31-32(28,29)30-21-20-26(3,4)5/h23H,6-22H2,1-5H3,(H-,25,27,28,29)/t23-/m1/s1. The SMILES string of the molecule is CCCCCCCCCCCCCCCC(=O)N[C@H](C)COP(=O)([O-])OCC[N+](C)(C)C. The molecule has 0 aliphatic heterocycles. The van der Waals surface area contributed by atoms with Crippen molar-refractivity contribution in [2.45, 2.75) is 110 Å². The molecule has 1 amide bonds. The third-order valence-corrected chi connectivity index (χ3v) is 6.37. The minimum atomic E-state index is -4.34. The highest BCUT2D eigenvalue weighted by atomic mass is 31.2. The summed E-state index contributed by atoms with van der Waals surface area (Å²) in [7, 11) is 1.52. The Morgan fingerprint density at radius 3 is 1.81 bits per heavy atom. The fourth-order valence-corrected chi connectivity index (χ4v) is 4.14. The molecular formula is C24H51N2O5P. The van der Waals surface area contributed by atoms with E-state index in [9.17, 15) is 14.3 Å². The van der Waals surface area contributed by atoms with Crippen LogP contribution in [0.15, 0.2) is 0 Å². The first-order valence-corrected chi connectivity index (χ1v) is 14.2. The number of carbonyl (C=O) groups excluding carboxylic acids is 1. The predicted octanol–water partition coefficient (Wildman–Crippen LogP) is 5.18. The van der Waals surface area contributed by atoms with E-state index in [1.54, 1.807) is 6.92 Å². The molecule has 192 valence electrons. The molecule has 0 saturated carbocycles. The minimum absolute atomic E-state index is 0.0594. The van der Waals surface area contributed by atoms with Crippen molar-refractivity contribution in [1.82, 2.24) is 5.32 Å². The molecule has 0 aromatic carbocycles. The van der Waals surface area contributed by atoms with E-state index >= 15 is 0 Å². The first-order chi connectivity index (χ1) is 15.1. The maximum atomic E-state index is 12.0. The monoisotopic (exact) mass is 478 g/mol. The largest absolute Gasteiger partial charge is 0.756 e. The summed E-state index contributed by atoms with van der Waals surface area (Å²) in [6, 6.07) is -0.381. The van der Waals surface area contributed by atoms with Crippen molar-refractivity contribution in [2.75, 3.05) is 40.9 Å². The zero-order valence-corrected chi connectivity index (χ0v) is 22.4. The molecule has 0 rings (SSSR count). The van der Waals surface area contributed by atoms with E-state index in [4.69, 9.17) is 9.05 Å². The van der Waals surface area contributed by atoms with Crippen molar-refractivity contribution >= 4 is 13.7 Å². The minimum Gasteiger partial charge on any atom is -0.756 e. The Morgan fingerprint density at radius 2 is 1.34 bits per heavy atom. The van der Waals surface area contributed by atoms with E-state index in [0.29, 0.717) is 17.4 Å². The molecule has 8 heteroatoms. The Hall–Kier alpha value is -0.460. The number of rotatable bonds is 22. The van der Waals surface area contributed by atoms with Gasteiger partial charge >= 0.3 is 0 Å². The number of unbranched alkanes of at least 4 members (excludes halogenated alkanes) is 12. The number of nitrogens with one attached hydrogen (secondary N) is 1. The number of amides is 1. The Morgan fingerprint density at radius 1 is 0.875 bits per heavy atom. The van der Waals surface area contributed by atoms with Gasteiger partial charge in [-0.25, -0.2) is 0 Å². The molecule has 1 N–H and O–H groups in total. The van der Waals surface area contributed by atoms with Gasteiger partial charge in [0.2, 0.25) is 5.91 Å². The van der Waals surface area contributed by atoms with E-state index in [0.717, 1.165) is 12.8 Å². The van der Waals surface area contributed by atoms with Crippen molar-refractivity contribution in [3.05, 3.63) is 0 Å². The van der Waals surface area contributed by atoms with Gasteiger partial charge < -0.3 is 23.7 Å². The van der Waals surface area contributed by atoms with Crippen LogP contribution < -0.4 is 10.2 Å². The van der Waals surface area contributed by atoms with Crippen molar-refractivity contribution in [3.63, 3.8) is 0 Å². The van der Waals surface area contributed by atoms with Crippen molar-refractivity contribution in [3.8, 4) is 0 Å². The molecular weight excluding hydrogens is 427 g/mol. The fourth-order valence-electron chi connectivity index (χ4n) is 3.36. The highest BCUT2D eigenvalue weighted by Gasteiger charge is 2.15. The van der Waals surface area contributed by atoms with Crippen LogP contribution in [0.3, 0.4) is 0 Å². The number of hydrogen-bond acceptors (Lipinski definition) is 5. The van der Waals surface area contributed by atoms with E-state index in [2.05, 4.69) is 12.2 Å². The Balaban J connectivity index is 3.60. The second-order valence-electron chi connectivity index (χ2n) is 10.1. The van der Waals surface area contributed by atoms with Crippen LogP contribution in [0.5, 0.6) is 0 Å². The summed E-state index contributed by atoms with van der Waals surface area (Å²) in [5.74, 6) is -0.0594. The van der Waals surface area contributed by atoms with Crippen molar-refractivity contribution in [2.24, 2.45) is 0 Å². The number of carbonyl (C=O) groups is 1. The fraction of sp³-hybridized carbons (Fsp3) is 0.958. The molecule has 0 spiro atoms. The van der Waals surface area contributed by atoms with Crippen LogP contribution in [-0.4, -0.2) is 57.3 Å². The number of likely N-dealkylation sites (N-methyl/N-ethyl adjacent to an activating group) is 1. The Bertz CT molecular complexity index is 511. The van der Waals surface area contributed by atoms with Gasteiger partial charge in [0.25, 0.3) is 7.82 Å². The number of hydrogen-bond donors (Lipinski definition) is 1. The molecule has 2 atom stereocenters. The Kier molecular flexibility index (Phi) is 18.6. The third-order valence-electron chi connectivity index (χ3n) is 5.41. The van der Waals surface area contributed by atoms with Crippen LogP contribution in [0.25, 0.3) is 0 Å². The van der Waals surface area contributed by atoms with Gasteiger partial charge in [0.1, 0.15) is 13.2 Å². The van der Waals surface area contributed by atoms with Gasteiger partial charge in [-0.2, -0.15) is 0 Å². The van der Waals surface area contributed by atoms with E-state index in [1.165, 1.54) is 70.6 Å². The molecule has 32 heavy (non-hydrogen) atoms. The highest BCUT2D eigenvalue weighted by Crippen LogP contribution is 2.38. The quantitative estimate of drug-likeness (QED) is 0.132. The molecule has 0 saturated heterocycles. The molecule has 0 aromatic rings. The number of phosphoric acid groups is 1. The van der Waals surface area contributed by atoms with Crippen LogP contribution in [-0.2, 0) is 18.4 Å². The van der Waals surface area contributed by atoms with E-state index < -0.39 is 7.82 Å². The first kappa shape index (κ1) is 31.5. The lowest BCUT2D eigenvalue weighted by atomic mass is 10.0.